The van der Waals surface area contributed by atoms with Gasteiger partial charge in [-0.2, -0.15) is 0 Å². The first-order chi connectivity index (χ1) is 10.7. The molecule has 1 aromatic heterocycles. The molecule has 1 aliphatic heterocycles. The van der Waals surface area contributed by atoms with Gasteiger partial charge in [-0.3, -0.25) is 0 Å². The van der Waals surface area contributed by atoms with Crippen LogP contribution in [0.4, 0.5) is 5.95 Å². The van der Waals surface area contributed by atoms with Crippen molar-refractivity contribution >= 4 is 17.0 Å². The molecule has 0 aliphatic carbocycles. The summed E-state index contributed by atoms with van der Waals surface area (Å²) in [6.45, 7) is 7.83. The first-order valence-corrected chi connectivity index (χ1v) is 8.28. The van der Waals surface area contributed by atoms with Crippen LogP contribution in [0.5, 0.6) is 0 Å². The van der Waals surface area contributed by atoms with Crippen LogP contribution in [-0.2, 0) is 11.3 Å². The summed E-state index contributed by atoms with van der Waals surface area (Å²) in [5, 5.41) is 7.03. The van der Waals surface area contributed by atoms with Gasteiger partial charge < -0.3 is 19.9 Å². The van der Waals surface area contributed by atoms with Crippen molar-refractivity contribution in [3.8, 4) is 0 Å². The molecule has 0 atom stereocenters. The average molecular weight is 302 g/mol. The van der Waals surface area contributed by atoms with Gasteiger partial charge in [0.2, 0.25) is 5.95 Å². The number of imidazole rings is 1. The Bertz CT molecular complexity index is 602. The number of benzene rings is 1. The van der Waals surface area contributed by atoms with E-state index in [-0.39, 0.29) is 6.10 Å². The highest BCUT2D eigenvalue weighted by Gasteiger charge is 2.17. The molecule has 2 aromatic rings. The Morgan fingerprint density at radius 3 is 2.86 bits per heavy atom. The van der Waals surface area contributed by atoms with Crippen LogP contribution in [0, 0.1) is 0 Å². The van der Waals surface area contributed by atoms with E-state index in [1.165, 1.54) is 5.52 Å². The van der Waals surface area contributed by atoms with Crippen molar-refractivity contribution in [2.45, 2.75) is 45.4 Å². The summed E-state index contributed by atoms with van der Waals surface area (Å²) in [7, 11) is 0. The molecular weight excluding hydrogens is 276 g/mol. The van der Waals surface area contributed by atoms with Crippen LogP contribution in [0.3, 0.4) is 0 Å². The molecule has 1 saturated heterocycles. The minimum Gasteiger partial charge on any atom is -0.377 e. The number of nitrogens with one attached hydrogen (secondary N) is 2. The highest BCUT2D eigenvalue weighted by atomic mass is 16.5. The Labute approximate surface area is 132 Å². The second kappa shape index (κ2) is 7.11. The van der Waals surface area contributed by atoms with E-state index in [4.69, 9.17) is 9.72 Å². The van der Waals surface area contributed by atoms with Crippen molar-refractivity contribution in [3.63, 3.8) is 0 Å². The number of rotatable bonds is 6. The zero-order valence-corrected chi connectivity index (χ0v) is 13.5. The van der Waals surface area contributed by atoms with Gasteiger partial charge in [-0.15, -0.1) is 0 Å². The molecule has 1 aromatic carbocycles. The molecule has 5 nitrogen and oxygen atoms in total. The topological polar surface area (TPSA) is 51.1 Å². The molecule has 0 bridgehead atoms. The molecule has 2 N–H and O–H groups in total. The Balaban J connectivity index is 1.80. The van der Waals surface area contributed by atoms with Crippen molar-refractivity contribution in [1.29, 1.82) is 0 Å². The highest BCUT2D eigenvalue weighted by molar-refractivity contribution is 5.78. The van der Waals surface area contributed by atoms with Gasteiger partial charge in [-0.25, -0.2) is 4.98 Å². The van der Waals surface area contributed by atoms with Gasteiger partial charge in [0, 0.05) is 12.6 Å². The number of fused-ring (bicyclic) bond motifs is 1. The summed E-state index contributed by atoms with van der Waals surface area (Å²) in [6, 6.07) is 8.81. The molecular formula is C17H26N4O. The zero-order chi connectivity index (χ0) is 15.4. The number of aromatic nitrogens is 2. The third-order valence-corrected chi connectivity index (χ3v) is 4.09. The minimum absolute atomic E-state index is 0.260. The molecule has 5 heteroatoms. The van der Waals surface area contributed by atoms with Gasteiger partial charge in [0.05, 0.1) is 23.7 Å². The van der Waals surface area contributed by atoms with E-state index < -0.39 is 0 Å². The number of anilines is 1. The molecule has 1 fully saturated rings. The molecule has 2 heterocycles. The average Bonchev–Trinajstić information content (AvgIpc) is 2.86. The van der Waals surface area contributed by atoms with Crippen LogP contribution in [0.1, 0.15) is 26.7 Å². The predicted molar refractivity (Wildman–Crippen MR) is 90.3 cm³/mol. The van der Waals surface area contributed by atoms with E-state index in [1.807, 2.05) is 6.07 Å². The van der Waals surface area contributed by atoms with E-state index in [1.54, 1.807) is 0 Å². The summed E-state index contributed by atoms with van der Waals surface area (Å²) in [5.74, 6) is 0.973. The first-order valence-electron chi connectivity index (χ1n) is 8.28. The quantitative estimate of drug-likeness (QED) is 0.861. The summed E-state index contributed by atoms with van der Waals surface area (Å²) in [4.78, 5) is 4.78. The van der Waals surface area contributed by atoms with Crippen molar-refractivity contribution in [2.24, 2.45) is 0 Å². The predicted octanol–water partition coefficient (Wildman–Crippen LogP) is 2.63. The fourth-order valence-electron chi connectivity index (χ4n) is 2.94. The summed E-state index contributed by atoms with van der Waals surface area (Å²) >= 11 is 0. The largest absolute Gasteiger partial charge is 0.377 e. The van der Waals surface area contributed by atoms with Gasteiger partial charge in [-0.1, -0.05) is 12.1 Å². The van der Waals surface area contributed by atoms with Crippen LogP contribution in [0.2, 0.25) is 0 Å². The third kappa shape index (κ3) is 3.59. The fraction of sp³-hybridized carbons (Fsp3) is 0.588. The van der Waals surface area contributed by atoms with Gasteiger partial charge in [0.15, 0.2) is 0 Å². The van der Waals surface area contributed by atoms with E-state index in [0.717, 1.165) is 43.9 Å². The van der Waals surface area contributed by atoms with E-state index >= 15 is 0 Å². The summed E-state index contributed by atoms with van der Waals surface area (Å²) in [5.41, 5.74) is 2.22. The third-order valence-electron chi connectivity index (χ3n) is 4.09. The Morgan fingerprint density at radius 2 is 2.09 bits per heavy atom. The SMILES string of the molecule is CC(C)OCCn1c(NC2CCNCC2)nc2ccccc21. The van der Waals surface area contributed by atoms with E-state index in [0.29, 0.717) is 12.6 Å². The Morgan fingerprint density at radius 1 is 1.32 bits per heavy atom. The maximum Gasteiger partial charge on any atom is 0.204 e. The second-order valence-corrected chi connectivity index (χ2v) is 6.16. The first kappa shape index (κ1) is 15.3. The van der Waals surface area contributed by atoms with Crippen LogP contribution in [0.15, 0.2) is 24.3 Å². The maximum atomic E-state index is 5.72. The van der Waals surface area contributed by atoms with Crippen LogP contribution in [0.25, 0.3) is 11.0 Å². The number of para-hydroxylation sites is 2. The number of hydrogen-bond acceptors (Lipinski definition) is 4. The lowest BCUT2D eigenvalue weighted by molar-refractivity contribution is 0.0735. The minimum atomic E-state index is 0.260. The van der Waals surface area contributed by atoms with Crippen molar-refractivity contribution in [1.82, 2.24) is 14.9 Å². The second-order valence-electron chi connectivity index (χ2n) is 6.16. The molecule has 1 aliphatic rings. The Kier molecular flexibility index (Phi) is 4.95. The number of ether oxygens (including phenoxy) is 1. The smallest absolute Gasteiger partial charge is 0.204 e. The lowest BCUT2D eigenvalue weighted by Crippen LogP contribution is -2.36. The van der Waals surface area contributed by atoms with Gasteiger partial charge >= 0.3 is 0 Å². The molecule has 0 unspecified atom stereocenters. The number of hydrogen-bond donors (Lipinski definition) is 2. The van der Waals surface area contributed by atoms with Crippen molar-refractivity contribution in [2.75, 3.05) is 25.0 Å². The molecule has 120 valence electrons. The maximum absolute atomic E-state index is 5.72. The van der Waals surface area contributed by atoms with E-state index in [9.17, 15) is 0 Å². The molecule has 0 spiro atoms. The van der Waals surface area contributed by atoms with Crippen LogP contribution < -0.4 is 10.6 Å². The fourth-order valence-corrected chi connectivity index (χ4v) is 2.94. The highest BCUT2D eigenvalue weighted by Crippen LogP contribution is 2.21. The lowest BCUT2D eigenvalue weighted by atomic mass is 10.1. The zero-order valence-electron chi connectivity index (χ0n) is 13.5. The molecule has 3 rings (SSSR count). The normalized spacial score (nSPS) is 16.5. The van der Waals surface area contributed by atoms with Gasteiger partial charge in [-0.05, 0) is 51.9 Å². The monoisotopic (exact) mass is 302 g/mol. The van der Waals surface area contributed by atoms with Crippen LogP contribution >= 0.6 is 0 Å². The van der Waals surface area contributed by atoms with Gasteiger partial charge in [0.1, 0.15) is 0 Å². The molecule has 0 radical (unpaired) electrons. The number of piperidine rings is 1. The van der Waals surface area contributed by atoms with E-state index in [2.05, 4.69) is 47.2 Å². The summed E-state index contributed by atoms with van der Waals surface area (Å²) < 4.78 is 7.97. The van der Waals surface area contributed by atoms with Crippen molar-refractivity contribution < 1.29 is 4.74 Å². The van der Waals surface area contributed by atoms with Crippen LogP contribution in [-0.4, -0.2) is 41.4 Å². The standard InChI is InChI=1S/C17H26N4O/c1-13(2)22-12-11-21-16-6-4-3-5-15(16)20-17(21)19-14-7-9-18-10-8-14/h3-6,13-14,18H,7-12H2,1-2H3,(H,19,20). The molecule has 0 saturated carbocycles. The van der Waals surface area contributed by atoms with Crippen molar-refractivity contribution in [3.05, 3.63) is 24.3 Å². The molecule has 22 heavy (non-hydrogen) atoms. The molecule has 0 amide bonds. The van der Waals surface area contributed by atoms with Gasteiger partial charge in [0.25, 0.3) is 0 Å². The lowest BCUT2D eigenvalue weighted by Gasteiger charge is -2.24. The number of nitrogens with zero attached hydrogens (tertiary/aromatic N) is 2. The summed E-state index contributed by atoms with van der Waals surface area (Å²) in [6.07, 6.45) is 2.55. The Hall–Kier alpha value is -1.59.